The van der Waals surface area contributed by atoms with Crippen molar-refractivity contribution in [2.24, 2.45) is 0 Å². The van der Waals surface area contributed by atoms with E-state index in [-0.39, 0.29) is 12.5 Å². The first-order valence-electron chi connectivity index (χ1n) is 12.7. The van der Waals surface area contributed by atoms with E-state index in [4.69, 9.17) is 4.74 Å². The Labute approximate surface area is 218 Å². The first-order valence-corrected chi connectivity index (χ1v) is 12.7. The number of hydrogen-bond acceptors (Lipinski definition) is 5. The van der Waals surface area contributed by atoms with Gasteiger partial charge in [0.25, 0.3) is 5.91 Å². The number of anilines is 2. The summed E-state index contributed by atoms with van der Waals surface area (Å²) in [6, 6.07) is 13.7. The highest BCUT2D eigenvalue weighted by Gasteiger charge is 2.30. The summed E-state index contributed by atoms with van der Waals surface area (Å²) in [6.45, 7) is 8.48. The van der Waals surface area contributed by atoms with Gasteiger partial charge in [-0.3, -0.25) is 14.4 Å². The lowest BCUT2D eigenvalue weighted by atomic mass is 9.86. The summed E-state index contributed by atoms with van der Waals surface area (Å²) in [5.74, 6) is 0.349. The highest BCUT2D eigenvalue weighted by Crippen LogP contribution is 2.33. The van der Waals surface area contributed by atoms with Gasteiger partial charge in [-0.15, -0.1) is 0 Å². The zero-order valence-electron chi connectivity index (χ0n) is 22.0. The maximum atomic E-state index is 13.2. The maximum absolute atomic E-state index is 13.2. The molecule has 0 bridgehead atoms. The zero-order chi connectivity index (χ0) is 26.4. The van der Waals surface area contributed by atoms with Crippen molar-refractivity contribution in [2.75, 3.05) is 16.8 Å². The highest BCUT2D eigenvalue weighted by atomic mass is 16.6. The molecule has 4 rings (SSSR count). The molecule has 2 aromatic heterocycles. The molecule has 1 aliphatic rings. The van der Waals surface area contributed by atoms with Crippen LogP contribution in [0.1, 0.15) is 57.6 Å². The minimum absolute atomic E-state index is 0.101. The van der Waals surface area contributed by atoms with Gasteiger partial charge in [0.15, 0.2) is 0 Å². The van der Waals surface area contributed by atoms with E-state index in [2.05, 4.69) is 46.6 Å². The number of rotatable bonds is 7. The van der Waals surface area contributed by atoms with Gasteiger partial charge < -0.3 is 10.1 Å². The van der Waals surface area contributed by atoms with E-state index < -0.39 is 11.6 Å². The van der Waals surface area contributed by atoms with E-state index in [0.29, 0.717) is 18.1 Å². The minimum atomic E-state index is -0.559. The van der Waals surface area contributed by atoms with Crippen LogP contribution < -0.4 is 10.2 Å². The van der Waals surface area contributed by atoms with Crippen molar-refractivity contribution in [1.82, 2.24) is 14.8 Å². The number of ether oxygens (including phenoxy) is 1. The second-order valence-corrected chi connectivity index (χ2v) is 10.3. The molecule has 1 aliphatic carbocycles. The van der Waals surface area contributed by atoms with Crippen LogP contribution in [0, 0.1) is 6.92 Å². The van der Waals surface area contributed by atoms with Crippen molar-refractivity contribution in [3.63, 3.8) is 0 Å². The Balaban J connectivity index is 1.46. The molecule has 0 saturated carbocycles. The fourth-order valence-electron chi connectivity index (χ4n) is 4.46. The first kappa shape index (κ1) is 26.1. The molecule has 37 heavy (non-hydrogen) atoms. The van der Waals surface area contributed by atoms with Crippen LogP contribution >= 0.6 is 0 Å². The molecule has 0 saturated heterocycles. The second-order valence-electron chi connectivity index (χ2n) is 10.3. The topological polar surface area (TPSA) is 89.4 Å². The zero-order valence-corrected chi connectivity index (χ0v) is 22.0. The predicted octanol–water partition coefficient (Wildman–Crippen LogP) is 5.99. The summed E-state index contributed by atoms with van der Waals surface area (Å²) in [4.78, 5) is 32.2. The molecular formula is C29H35N5O3. The van der Waals surface area contributed by atoms with Crippen molar-refractivity contribution < 1.29 is 14.3 Å². The van der Waals surface area contributed by atoms with Gasteiger partial charge in [0, 0.05) is 23.5 Å². The number of nitrogens with zero attached hydrogens (tertiary/aromatic N) is 4. The number of carbonyl (C=O) groups is 2. The van der Waals surface area contributed by atoms with Crippen LogP contribution in [0.4, 0.5) is 16.3 Å². The Bertz CT molecular complexity index is 1240. The third-order valence-corrected chi connectivity index (χ3v) is 6.34. The van der Waals surface area contributed by atoms with Gasteiger partial charge in [0.05, 0.1) is 18.4 Å². The van der Waals surface area contributed by atoms with Gasteiger partial charge in [-0.1, -0.05) is 29.8 Å². The van der Waals surface area contributed by atoms with E-state index >= 15 is 0 Å². The van der Waals surface area contributed by atoms with Crippen LogP contribution in [-0.4, -0.2) is 38.9 Å². The van der Waals surface area contributed by atoms with Crippen molar-refractivity contribution >= 4 is 29.1 Å². The standard InChI is InChI=1S/C29H35N5O3/c1-21-10-12-22(13-11-21)24-8-5-6-9-25(24)27(35)32-23-14-15-26(30-20-23)34(29(2,3)4)28(36)37-19-18-33-17-7-16-31-33/h7,10-17,20H,5-6,8-9,18-19H2,1-4H3,(H,32,35). The average molecular weight is 502 g/mol. The molecule has 1 N–H and O–H groups in total. The molecule has 3 aromatic rings. The van der Waals surface area contributed by atoms with E-state index in [9.17, 15) is 9.59 Å². The van der Waals surface area contributed by atoms with Crippen molar-refractivity contribution in [3.8, 4) is 0 Å². The molecule has 8 heteroatoms. The van der Waals surface area contributed by atoms with Crippen LogP contribution in [0.3, 0.4) is 0 Å². The van der Waals surface area contributed by atoms with Gasteiger partial charge >= 0.3 is 6.09 Å². The molecule has 0 aliphatic heterocycles. The Kier molecular flexibility index (Phi) is 8.06. The minimum Gasteiger partial charge on any atom is -0.447 e. The van der Waals surface area contributed by atoms with Crippen LogP contribution in [0.15, 0.2) is 66.6 Å². The number of nitrogens with one attached hydrogen (secondary N) is 1. The van der Waals surface area contributed by atoms with Gasteiger partial charge in [0.1, 0.15) is 12.4 Å². The number of allylic oxidation sites excluding steroid dienone is 1. The number of hydrogen-bond donors (Lipinski definition) is 1. The van der Waals surface area contributed by atoms with Gasteiger partial charge in [-0.2, -0.15) is 5.10 Å². The highest BCUT2D eigenvalue weighted by molar-refractivity contribution is 6.09. The van der Waals surface area contributed by atoms with Crippen LogP contribution in [0.25, 0.3) is 5.57 Å². The largest absolute Gasteiger partial charge is 0.447 e. The number of pyridine rings is 1. The van der Waals surface area contributed by atoms with Crippen LogP contribution in [0.2, 0.25) is 0 Å². The quantitative estimate of drug-likeness (QED) is 0.429. The molecular weight excluding hydrogens is 466 g/mol. The van der Waals surface area contributed by atoms with E-state index in [1.807, 2.05) is 33.0 Å². The van der Waals surface area contributed by atoms with Crippen LogP contribution in [-0.2, 0) is 16.1 Å². The molecule has 2 heterocycles. The molecule has 194 valence electrons. The number of aromatic nitrogens is 3. The number of aryl methyl sites for hydroxylation is 1. The molecule has 8 nitrogen and oxygen atoms in total. The first-order chi connectivity index (χ1) is 17.7. The summed E-state index contributed by atoms with van der Waals surface area (Å²) in [6.07, 6.45) is 8.32. The molecule has 0 unspecified atom stereocenters. The Morgan fingerprint density at radius 2 is 1.84 bits per heavy atom. The third kappa shape index (κ3) is 6.64. The lowest BCUT2D eigenvalue weighted by Crippen LogP contribution is -2.47. The van der Waals surface area contributed by atoms with Crippen LogP contribution in [0.5, 0.6) is 0 Å². The lowest BCUT2D eigenvalue weighted by molar-refractivity contribution is -0.113. The normalized spacial score (nSPS) is 13.8. The summed E-state index contributed by atoms with van der Waals surface area (Å²) < 4.78 is 7.21. The predicted molar refractivity (Wildman–Crippen MR) is 145 cm³/mol. The second kappa shape index (κ2) is 11.4. The molecule has 1 aromatic carbocycles. The van der Waals surface area contributed by atoms with Gasteiger partial charge in [-0.05, 0) is 82.7 Å². The Morgan fingerprint density at radius 3 is 2.49 bits per heavy atom. The summed E-state index contributed by atoms with van der Waals surface area (Å²) in [5, 5.41) is 7.12. The van der Waals surface area contributed by atoms with Gasteiger partial charge in [-0.25, -0.2) is 9.78 Å². The number of benzene rings is 1. The Morgan fingerprint density at radius 1 is 1.08 bits per heavy atom. The monoisotopic (exact) mass is 501 g/mol. The van der Waals surface area contributed by atoms with E-state index in [1.165, 1.54) is 10.5 Å². The molecule has 0 atom stereocenters. The van der Waals surface area contributed by atoms with Crippen molar-refractivity contribution in [2.45, 2.75) is 65.5 Å². The number of amides is 2. The molecule has 0 radical (unpaired) electrons. The van der Waals surface area contributed by atoms with Gasteiger partial charge in [0.2, 0.25) is 0 Å². The summed E-state index contributed by atoms with van der Waals surface area (Å²) in [7, 11) is 0. The average Bonchev–Trinajstić information content (AvgIpc) is 3.38. The van der Waals surface area contributed by atoms with E-state index in [1.54, 1.807) is 29.2 Å². The van der Waals surface area contributed by atoms with E-state index in [0.717, 1.165) is 42.4 Å². The third-order valence-electron chi connectivity index (χ3n) is 6.34. The lowest BCUT2D eigenvalue weighted by Gasteiger charge is -2.33. The summed E-state index contributed by atoms with van der Waals surface area (Å²) in [5.41, 5.74) is 4.27. The number of carbonyl (C=O) groups excluding carboxylic acids is 2. The van der Waals surface area contributed by atoms with Crippen molar-refractivity contribution in [1.29, 1.82) is 0 Å². The smallest absolute Gasteiger partial charge is 0.416 e. The maximum Gasteiger partial charge on any atom is 0.416 e. The summed E-state index contributed by atoms with van der Waals surface area (Å²) >= 11 is 0. The fraction of sp³-hybridized carbons (Fsp3) is 0.379. The SMILES string of the molecule is Cc1ccc(C2=C(C(=O)Nc3ccc(N(C(=O)OCCn4cccn4)C(C)(C)C)nc3)CCCC2)cc1. The van der Waals surface area contributed by atoms with Crippen molar-refractivity contribution in [3.05, 3.63) is 77.8 Å². The molecule has 0 fully saturated rings. The Hall–Kier alpha value is -3.94. The molecule has 2 amide bonds. The molecule has 0 spiro atoms. The fourth-order valence-corrected chi connectivity index (χ4v) is 4.46.